The minimum Gasteiger partial charge on any atom is -0.444 e. The number of alkyl carbamates (subject to hydrolysis) is 1. The fraction of sp³-hybridized carbons (Fsp3) is 0.900. The Morgan fingerprint density at radius 2 is 2.15 bits per heavy atom. The first-order chi connectivity index (χ1) is 6.33. The van der Waals surface area contributed by atoms with Crippen molar-refractivity contribution < 1.29 is 9.53 Å². The van der Waals surface area contributed by atoms with Gasteiger partial charge in [-0.15, -0.1) is 0 Å². The van der Waals surface area contributed by atoms with Crippen LogP contribution in [-0.2, 0) is 4.74 Å². The van der Waals surface area contributed by atoms with Gasteiger partial charge >= 0.3 is 6.09 Å². The van der Waals surface area contributed by atoms with Crippen LogP contribution >= 0.6 is 0 Å². The van der Waals surface area contributed by atoms with E-state index in [2.05, 4.69) is 12.2 Å². The Morgan fingerprint density at radius 1 is 1.38 bits per heavy atom. The number of amides is 1. The van der Waals surface area contributed by atoms with Crippen LogP contribution in [0, 0.1) is 0 Å². The summed E-state index contributed by atoms with van der Waals surface area (Å²) in [6, 6.07) is 0. The Balaban J connectivity index is 1.91. The molecule has 3 heteroatoms. The van der Waals surface area contributed by atoms with Gasteiger partial charge in [-0.2, -0.15) is 0 Å². The number of rotatable bonds is 6. The number of ether oxygens (including phenoxy) is 1. The van der Waals surface area contributed by atoms with Gasteiger partial charge in [0.25, 0.3) is 0 Å². The van der Waals surface area contributed by atoms with E-state index in [0.29, 0.717) is 6.54 Å². The average molecular weight is 185 g/mol. The third kappa shape index (κ3) is 4.15. The van der Waals surface area contributed by atoms with Crippen molar-refractivity contribution in [2.24, 2.45) is 0 Å². The van der Waals surface area contributed by atoms with Gasteiger partial charge < -0.3 is 10.1 Å². The van der Waals surface area contributed by atoms with Crippen molar-refractivity contribution in [1.29, 1.82) is 0 Å². The van der Waals surface area contributed by atoms with Crippen molar-refractivity contribution in [1.82, 2.24) is 5.32 Å². The summed E-state index contributed by atoms with van der Waals surface area (Å²) in [7, 11) is 0. The molecule has 1 aliphatic heterocycles. The third-order valence-electron chi connectivity index (χ3n) is 2.38. The first-order valence-corrected chi connectivity index (χ1v) is 5.27. The normalized spacial score (nSPS) is 21.3. The van der Waals surface area contributed by atoms with E-state index in [1.807, 2.05) is 0 Å². The highest BCUT2D eigenvalue weighted by molar-refractivity contribution is 5.69. The van der Waals surface area contributed by atoms with E-state index < -0.39 is 0 Å². The summed E-state index contributed by atoms with van der Waals surface area (Å²) >= 11 is 0. The van der Waals surface area contributed by atoms with Gasteiger partial charge in [0.05, 0.1) is 6.54 Å². The Bertz CT molecular complexity index is 159. The zero-order valence-electron chi connectivity index (χ0n) is 8.34. The Labute approximate surface area is 79.8 Å². The topological polar surface area (TPSA) is 38.3 Å². The van der Waals surface area contributed by atoms with Gasteiger partial charge in [0, 0.05) is 0 Å². The summed E-state index contributed by atoms with van der Waals surface area (Å²) in [4.78, 5) is 10.7. The van der Waals surface area contributed by atoms with E-state index in [0.717, 1.165) is 6.42 Å². The summed E-state index contributed by atoms with van der Waals surface area (Å²) in [6.45, 7) is 2.91. The van der Waals surface area contributed by atoms with Crippen LogP contribution in [-0.4, -0.2) is 18.7 Å². The molecule has 76 valence electrons. The second-order valence-corrected chi connectivity index (χ2v) is 3.61. The molecular weight excluding hydrogens is 166 g/mol. The molecule has 0 aliphatic carbocycles. The van der Waals surface area contributed by atoms with Crippen LogP contribution in [0.25, 0.3) is 0 Å². The summed E-state index contributed by atoms with van der Waals surface area (Å²) in [5.41, 5.74) is 0. The highest BCUT2D eigenvalue weighted by Gasteiger charge is 2.21. The smallest absolute Gasteiger partial charge is 0.407 e. The lowest BCUT2D eigenvalue weighted by atomic mass is 10.1. The lowest BCUT2D eigenvalue weighted by molar-refractivity contribution is 0.134. The van der Waals surface area contributed by atoms with E-state index in [4.69, 9.17) is 4.74 Å². The monoisotopic (exact) mass is 185 g/mol. The molecule has 0 bridgehead atoms. The lowest BCUT2D eigenvalue weighted by Crippen LogP contribution is -2.14. The van der Waals surface area contributed by atoms with Gasteiger partial charge in [-0.1, -0.05) is 32.6 Å². The van der Waals surface area contributed by atoms with Crippen molar-refractivity contribution in [2.45, 2.75) is 51.6 Å². The van der Waals surface area contributed by atoms with Gasteiger partial charge in [-0.05, 0) is 12.8 Å². The Hall–Kier alpha value is -0.730. The molecule has 1 atom stereocenters. The number of hydrogen-bond donors (Lipinski definition) is 1. The van der Waals surface area contributed by atoms with Gasteiger partial charge in [-0.3, -0.25) is 0 Å². The van der Waals surface area contributed by atoms with Crippen LogP contribution < -0.4 is 5.32 Å². The summed E-state index contributed by atoms with van der Waals surface area (Å²) in [6.07, 6.45) is 7.25. The maximum absolute atomic E-state index is 10.7. The molecule has 0 radical (unpaired) electrons. The second-order valence-electron chi connectivity index (χ2n) is 3.61. The second kappa shape index (κ2) is 5.84. The van der Waals surface area contributed by atoms with Crippen molar-refractivity contribution >= 4 is 6.09 Å². The van der Waals surface area contributed by atoms with Gasteiger partial charge in [-0.25, -0.2) is 4.79 Å². The van der Waals surface area contributed by atoms with Crippen molar-refractivity contribution in [3.63, 3.8) is 0 Å². The average Bonchev–Trinajstić information content (AvgIpc) is 2.51. The third-order valence-corrected chi connectivity index (χ3v) is 2.38. The summed E-state index contributed by atoms with van der Waals surface area (Å²) < 4.78 is 5.02. The molecule has 1 fully saturated rings. The maximum atomic E-state index is 10.7. The maximum Gasteiger partial charge on any atom is 0.407 e. The van der Waals surface area contributed by atoms with Crippen molar-refractivity contribution in [3.8, 4) is 0 Å². The lowest BCUT2D eigenvalue weighted by Gasteiger charge is -2.06. The minimum absolute atomic E-state index is 0.133. The molecule has 0 aromatic heterocycles. The standard InChI is InChI=1S/C10H19NO2/c1-2-3-4-5-6-7-9-8-11-10(12)13-9/h9H,2-8H2,1H3,(H,11,12). The van der Waals surface area contributed by atoms with Crippen LogP contribution in [0.1, 0.15) is 45.4 Å². The number of carbonyl (C=O) groups is 1. The number of nitrogens with one attached hydrogen (secondary N) is 1. The zero-order chi connectivity index (χ0) is 9.52. The predicted molar refractivity (Wildman–Crippen MR) is 51.6 cm³/mol. The predicted octanol–water partition coefficient (Wildman–Crippen LogP) is 2.46. The number of hydrogen-bond acceptors (Lipinski definition) is 2. The first kappa shape index (κ1) is 10.4. The summed E-state index contributed by atoms with van der Waals surface area (Å²) in [5, 5.41) is 2.66. The molecule has 0 aromatic carbocycles. The zero-order valence-corrected chi connectivity index (χ0v) is 8.34. The molecule has 1 amide bonds. The van der Waals surface area contributed by atoms with Crippen LogP contribution in [0.2, 0.25) is 0 Å². The van der Waals surface area contributed by atoms with Gasteiger partial charge in [0.15, 0.2) is 0 Å². The number of cyclic esters (lactones) is 1. The molecule has 1 rings (SSSR count). The molecule has 1 saturated heterocycles. The van der Waals surface area contributed by atoms with Crippen LogP contribution in [0.3, 0.4) is 0 Å². The Kier molecular flexibility index (Phi) is 4.65. The fourth-order valence-corrected chi connectivity index (χ4v) is 1.57. The van der Waals surface area contributed by atoms with Crippen molar-refractivity contribution in [2.75, 3.05) is 6.54 Å². The van der Waals surface area contributed by atoms with E-state index in [-0.39, 0.29) is 12.2 Å². The van der Waals surface area contributed by atoms with Crippen LogP contribution in [0.5, 0.6) is 0 Å². The minimum atomic E-state index is -0.251. The van der Waals surface area contributed by atoms with Gasteiger partial charge in [0.2, 0.25) is 0 Å². The molecule has 3 nitrogen and oxygen atoms in total. The van der Waals surface area contributed by atoms with E-state index in [9.17, 15) is 4.79 Å². The van der Waals surface area contributed by atoms with Crippen LogP contribution in [0.4, 0.5) is 4.79 Å². The molecule has 13 heavy (non-hydrogen) atoms. The van der Waals surface area contributed by atoms with Gasteiger partial charge in [0.1, 0.15) is 6.10 Å². The molecule has 0 saturated carbocycles. The molecule has 0 spiro atoms. The fourth-order valence-electron chi connectivity index (χ4n) is 1.57. The molecule has 1 N–H and O–H groups in total. The molecule has 0 aromatic rings. The summed E-state index contributed by atoms with van der Waals surface area (Å²) in [5.74, 6) is 0. The highest BCUT2D eigenvalue weighted by Crippen LogP contribution is 2.11. The van der Waals surface area contributed by atoms with E-state index >= 15 is 0 Å². The quantitative estimate of drug-likeness (QED) is 0.645. The van der Waals surface area contributed by atoms with E-state index in [1.54, 1.807) is 0 Å². The largest absolute Gasteiger partial charge is 0.444 e. The molecule has 1 heterocycles. The molecule has 1 aliphatic rings. The highest BCUT2D eigenvalue weighted by atomic mass is 16.6. The first-order valence-electron chi connectivity index (χ1n) is 5.27. The number of unbranched alkanes of at least 4 members (excludes halogenated alkanes) is 4. The SMILES string of the molecule is CCCCCCCC1CNC(=O)O1. The Morgan fingerprint density at radius 3 is 2.77 bits per heavy atom. The van der Waals surface area contributed by atoms with E-state index in [1.165, 1.54) is 32.1 Å². The number of carbonyl (C=O) groups excluding carboxylic acids is 1. The molecule has 1 unspecified atom stereocenters. The van der Waals surface area contributed by atoms with Crippen molar-refractivity contribution in [3.05, 3.63) is 0 Å². The van der Waals surface area contributed by atoms with Crippen LogP contribution in [0.15, 0.2) is 0 Å². The molecular formula is C10H19NO2.